The molecule has 0 saturated heterocycles. The van der Waals surface area contributed by atoms with Crippen LogP contribution in [0.25, 0.3) is 0 Å². The van der Waals surface area contributed by atoms with Crippen molar-refractivity contribution < 1.29 is 4.79 Å². The molecule has 0 bridgehead atoms. The maximum Gasteiger partial charge on any atom is 0.233 e. The molecule has 20 heavy (non-hydrogen) atoms. The van der Waals surface area contributed by atoms with Crippen LogP contribution in [0.1, 0.15) is 37.8 Å². The van der Waals surface area contributed by atoms with Gasteiger partial charge in [-0.15, -0.1) is 0 Å². The number of aromatic nitrogens is 2. The molecular formula is C16H21N3O. The lowest BCUT2D eigenvalue weighted by molar-refractivity contribution is -0.117. The summed E-state index contributed by atoms with van der Waals surface area (Å²) in [4.78, 5) is 19.0. The minimum atomic E-state index is -0.201. The van der Waals surface area contributed by atoms with Crippen molar-refractivity contribution in [1.29, 1.82) is 0 Å². The van der Waals surface area contributed by atoms with E-state index in [1.165, 1.54) is 5.56 Å². The lowest BCUT2D eigenvalue weighted by Crippen LogP contribution is -2.19. The van der Waals surface area contributed by atoms with Gasteiger partial charge in [0.2, 0.25) is 11.9 Å². The van der Waals surface area contributed by atoms with Crippen LogP contribution in [-0.4, -0.2) is 15.9 Å². The smallest absolute Gasteiger partial charge is 0.233 e. The molecule has 0 fully saturated rings. The molecule has 0 saturated carbocycles. The van der Waals surface area contributed by atoms with E-state index in [1.807, 2.05) is 19.1 Å². The average Bonchev–Trinajstić information content (AvgIpc) is 2.91. The Balaban J connectivity index is 2.01. The van der Waals surface area contributed by atoms with Crippen molar-refractivity contribution in [3.8, 4) is 0 Å². The second-order valence-corrected chi connectivity index (χ2v) is 5.49. The van der Waals surface area contributed by atoms with Crippen LogP contribution in [0.5, 0.6) is 0 Å². The van der Waals surface area contributed by atoms with Crippen molar-refractivity contribution in [2.24, 2.45) is 5.92 Å². The molecule has 0 aliphatic rings. The molecule has 1 amide bonds. The van der Waals surface area contributed by atoms with Gasteiger partial charge < -0.3 is 4.98 Å². The van der Waals surface area contributed by atoms with Crippen LogP contribution in [0.2, 0.25) is 0 Å². The predicted molar refractivity (Wildman–Crippen MR) is 80.6 cm³/mol. The van der Waals surface area contributed by atoms with Gasteiger partial charge in [0.15, 0.2) is 0 Å². The molecule has 1 atom stereocenters. The van der Waals surface area contributed by atoms with Crippen LogP contribution in [0.15, 0.2) is 36.7 Å². The lowest BCUT2D eigenvalue weighted by Gasteiger charge is -2.12. The Bertz CT molecular complexity index is 544. The van der Waals surface area contributed by atoms with Gasteiger partial charge in [0, 0.05) is 12.4 Å². The first kappa shape index (κ1) is 14.3. The van der Waals surface area contributed by atoms with Gasteiger partial charge in [-0.3, -0.25) is 10.1 Å². The first-order valence-electron chi connectivity index (χ1n) is 6.95. The number of nitrogens with one attached hydrogen (secondary N) is 2. The molecule has 2 rings (SSSR count). The highest BCUT2D eigenvalue weighted by Crippen LogP contribution is 2.18. The molecule has 0 radical (unpaired) electrons. The first-order chi connectivity index (χ1) is 9.56. The molecule has 2 aromatic rings. The Morgan fingerprint density at radius 2 is 1.95 bits per heavy atom. The summed E-state index contributed by atoms with van der Waals surface area (Å²) in [6.07, 6.45) is 4.36. The standard InChI is InChI=1S/C16H21N3O/c1-11(2)10-13-4-6-14(7-5-13)12(3)15(20)19-16-17-8-9-18-16/h4-9,11-12H,10H2,1-3H3,(H2,17,18,19,20)/t12-/m1/s1. The number of hydrogen-bond donors (Lipinski definition) is 2. The number of imidazole rings is 1. The number of anilines is 1. The van der Waals surface area contributed by atoms with Crippen molar-refractivity contribution in [3.63, 3.8) is 0 Å². The van der Waals surface area contributed by atoms with Gasteiger partial charge in [0.1, 0.15) is 0 Å². The highest BCUT2D eigenvalue weighted by atomic mass is 16.2. The van der Waals surface area contributed by atoms with Gasteiger partial charge >= 0.3 is 0 Å². The van der Waals surface area contributed by atoms with Crippen LogP contribution in [0, 0.1) is 5.92 Å². The molecule has 0 spiro atoms. The quantitative estimate of drug-likeness (QED) is 0.876. The van der Waals surface area contributed by atoms with Crippen molar-refractivity contribution in [2.45, 2.75) is 33.1 Å². The summed E-state index contributed by atoms with van der Waals surface area (Å²) < 4.78 is 0. The Kier molecular flexibility index (Phi) is 4.56. The van der Waals surface area contributed by atoms with Crippen LogP contribution in [0.3, 0.4) is 0 Å². The van der Waals surface area contributed by atoms with E-state index in [0.29, 0.717) is 11.9 Å². The fourth-order valence-corrected chi connectivity index (χ4v) is 2.12. The summed E-state index contributed by atoms with van der Waals surface area (Å²) in [5.41, 5.74) is 2.32. The fourth-order valence-electron chi connectivity index (χ4n) is 2.12. The predicted octanol–water partition coefficient (Wildman–Crippen LogP) is 3.35. The first-order valence-corrected chi connectivity index (χ1v) is 6.95. The second kappa shape index (κ2) is 6.37. The van der Waals surface area contributed by atoms with Crippen molar-refractivity contribution in [3.05, 3.63) is 47.8 Å². The highest BCUT2D eigenvalue weighted by Gasteiger charge is 2.16. The number of carbonyl (C=O) groups excluding carboxylic acids is 1. The van der Waals surface area contributed by atoms with Crippen molar-refractivity contribution >= 4 is 11.9 Å². The maximum atomic E-state index is 12.1. The maximum absolute atomic E-state index is 12.1. The van der Waals surface area contributed by atoms with E-state index in [1.54, 1.807) is 12.4 Å². The third-order valence-corrected chi connectivity index (χ3v) is 3.26. The van der Waals surface area contributed by atoms with Gasteiger partial charge in [-0.05, 0) is 30.4 Å². The van der Waals surface area contributed by atoms with Crippen LogP contribution >= 0.6 is 0 Å². The summed E-state index contributed by atoms with van der Waals surface area (Å²) in [6, 6.07) is 8.27. The number of amides is 1. The largest absolute Gasteiger partial charge is 0.331 e. The Morgan fingerprint density at radius 1 is 1.25 bits per heavy atom. The zero-order chi connectivity index (χ0) is 14.5. The highest BCUT2D eigenvalue weighted by molar-refractivity contribution is 5.94. The number of carbonyl (C=O) groups is 1. The van der Waals surface area contributed by atoms with E-state index in [0.717, 1.165) is 12.0 Å². The SMILES string of the molecule is CC(C)Cc1ccc([C@@H](C)C(=O)Nc2ncc[nH]2)cc1. The topological polar surface area (TPSA) is 57.8 Å². The van der Waals surface area contributed by atoms with Crippen molar-refractivity contribution in [2.75, 3.05) is 5.32 Å². The molecule has 1 aromatic heterocycles. The lowest BCUT2D eigenvalue weighted by atomic mass is 9.96. The summed E-state index contributed by atoms with van der Waals surface area (Å²) in [6.45, 7) is 6.30. The normalized spacial score (nSPS) is 12.4. The van der Waals surface area contributed by atoms with Crippen LogP contribution in [-0.2, 0) is 11.2 Å². The van der Waals surface area contributed by atoms with Gasteiger partial charge in [0.05, 0.1) is 5.92 Å². The average molecular weight is 271 g/mol. The summed E-state index contributed by atoms with van der Waals surface area (Å²) >= 11 is 0. The number of H-pyrrole nitrogens is 1. The number of hydrogen-bond acceptors (Lipinski definition) is 2. The van der Waals surface area contributed by atoms with Gasteiger partial charge in [-0.1, -0.05) is 38.1 Å². The molecule has 1 aromatic carbocycles. The Morgan fingerprint density at radius 3 is 2.50 bits per heavy atom. The van der Waals surface area contributed by atoms with E-state index in [9.17, 15) is 4.79 Å². The van der Waals surface area contributed by atoms with Crippen LogP contribution in [0.4, 0.5) is 5.95 Å². The number of rotatable bonds is 5. The molecule has 2 N–H and O–H groups in total. The van der Waals surface area contributed by atoms with E-state index in [4.69, 9.17) is 0 Å². The summed E-state index contributed by atoms with van der Waals surface area (Å²) in [7, 11) is 0. The van der Waals surface area contributed by atoms with Crippen LogP contribution < -0.4 is 5.32 Å². The van der Waals surface area contributed by atoms with E-state index >= 15 is 0 Å². The number of nitrogens with zero attached hydrogens (tertiary/aromatic N) is 1. The Hall–Kier alpha value is -2.10. The molecular weight excluding hydrogens is 250 g/mol. The third-order valence-electron chi connectivity index (χ3n) is 3.26. The minimum absolute atomic E-state index is 0.0587. The molecule has 4 heteroatoms. The zero-order valence-corrected chi connectivity index (χ0v) is 12.2. The van der Waals surface area contributed by atoms with Gasteiger partial charge in [0.25, 0.3) is 0 Å². The number of aromatic amines is 1. The zero-order valence-electron chi connectivity index (χ0n) is 12.2. The summed E-state index contributed by atoms with van der Waals surface area (Å²) in [5.74, 6) is 0.864. The molecule has 1 heterocycles. The van der Waals surface area contributed by atoms with E-state index < -0.39 is 0 Å². The molecule has 4 nitrogen and oxygen atoms in total. The molecule has 0 aliphatic heterocycles. The Labute approximate surface area is 119 Å². The molecule has 0 unspecified atom stereocenters. The van der Waals surface area contributed by atoms with E-state index in [2.05, 4.69) is 41.3 Å². The monoisotopic (exact) mass is 271 g/mol. The number of benzene rings is 1. The summed E-state index contributed by atoms with van der Waals surface area (Å²) in [5, 5.41) is 2.76. The molecule has 0 aliphatic carbocycles. The third kappa shape index (κ3) is 3.70. The van der Waals surface area contributed by atoms with E-state index in [-0.39, 0.29) is 11.8 Å². The fraction of sp³-hybridized carbons (Fsp3) is 0.375. The van der Waals surface area contributed by atoms with Gasteiger partial charge in [-0.2, -0.15) is 0 Å². The second-order valence-electron chi connectivity index (χ2n) is 5.49. The minimum Gasteiger partial charge on any atom is -0.331 e. The molecule has 106 valence electrons. The van der Waals surface area contributed by atoms with Crippen molar-refractivity contribution in [1.82, 2.24) is 9.97 Å². The van der Waals surface area contributed by atoms with Gasteiger partial charge in [-0.25, -0.2) is 4.98 Å².